The number of hydrogen-bond acceptors (Lipinski definition) is 5. The minimum absolute atomic E-state index is 0.0766. The number of aryl methyl sites for hydroxylation is 2. The number of anilines is 1. The predicted molar refractivity (Wildman–Crippen MR) is 87.7 cm³/mol. The highest BCUT2D eigenvalue weighted by Gasteiger charge is 2.20. The molecule has 20 heavy (non-hydrogen) atoms. The van der Waals surface area contributed by atoms with Crippen LogP contribution in [0.4, 0.5) is 5.69 Å². The first-order valence-electron chi connectivity index (χ1n) is 6.55. The van der Waals surface area contributed by atoms with Crippen LogP contribution in [0.25, 0.3) is 10.2 Å². The zero-order valence-electron chi connectivity index (χ0n) is 12.0. The summed E-state index contributed by atoms with van der Waals surface area (Å²) < 4.78 is 1.78. The molecular weight excluding hydrogens is 292 g/mol. The zero-order chi connectivity index (χ0) is 14.7. The fourth-order valence-corrected chi connectivity index (χ4v) is 3.75. The molecule has 2 heterocycles. The molecular formula is C13H20N4OS2. The van der Waals surface area contributed by atoms with Crippen LogP contribution in [0.15, 0.2) is 0 Å². The third-order valence-electron chi connectivity index (χ3n) is 3.15. The second-order valence-corrected chi connectivity index (χ2v) is 6.67. The number of carbonyl (C=O) groups excluding carboxylic acids is 1. The van der Waals surface area contributed by atoms with E-state index in [1.165, 1.54) is 11.3 Å². The van der Waals surface area contributed by atoms with Crippen molar-refractivity contribution in [3.05, 3.63) is 10.6 Å². The van der Waals surface area contributed by atoms with E-state index in [1.54, 1.807) is 4.68 Å². The van der Waals surface area contributed by atoms with Gasteiger partial charge in [-0.05, 0) is 31.8 Å². The van der Waals surface area contributed by atoms with Crippen LogP contribution < -0.4 is 11.1 Å². The van der Waals surface area contributed by atoms with Gasteiger partial charge in [-0.2, -0.15) is 16.9 Å². The number of rotatable bonds is 6. The number of nitrogen functional groups attached to an aromatic ring is 1. The van der Waals surface area contributed by atoms with Gasteiger partial charge in [0.15, 0.2) is 0 Å². The van der Waals surface area contributed by atoms with Crippen molar-refractivity contribution >= 4 is 44.9 Å². The van der Waals surface area contributed by atoms with Crippen molar-refractivity contribution in [2.24, 2.45) is 7.05 Å². The maximum Gasteiger partial charge on any atom is 0.263 e. The number of hydrogen-bond donors (Lipinski definition) is 2. The van der Waals surface area contributed by atoms with Gasteiger partial charge in [-0.3, -0.25) is 9.48 Å². The lowest BCUT2D eigenvalue weighted by atomic mass is 10.2. The molecule has 0 bridgehead atoms. The van der Waals surface area contributed by atoms with Crippen LogP contribution in [0.5, 0.6) is 0 Å². The molecule has 2 aromatic heterocycles. The highest BCUT2D eigenvalue weighted by molar-refractivity contribution is 7.98. The summed E-state index contributed by atoms with van der Waals surface area (Å²) in [6, 6.07) is 0. The summed E-state index contributed by atoms with van der Waals surface area (Å²) in [7, 11) is 1.87. The zero-order valence-corrected chi connectivity index (χ0v) is 13.7. The third-order valence-corrected chi connectivity index (χ3v) is 5.12. The molecule has 3 N–H and O–H groups in total. The second-order valence-electron chi connectivity index (χ2n) is 4.69. The van der Waals surface area contributed by atoms with E-state index < -0.39 is 0 Å². The molecule has 7 heteroatoms. The van der Waals surface area contributed by atoms with Crippen LogP contribution in [0.3, 0.4) is 0 Å². The Labute approximate surface area is 126 Å². The van der Waals surface area contributed by atoms with Gasteiger partial charge < -0.3 is 11.1 Å². The molecule has 0 aliphatic heterocycles. The number of nitrogens with one attached hydrogen (secondary N) is 1. The summed E-state index contributed by atoms with van der Waals surface area (Å²) >= 11 is 3.23. The molecule has 0 aliphatic carbocycles. The number of unbranched alkanes of at least 4 members (excludes halogenated alkanes) is 1. The van der Waals surface area contributed by atoms with E-state index in [0.717, 1.165) is 34.5 Å². The van der Waals surface area contributed by atoms with Crippen LogP contribution in [0.2, 0.25) is 0 Å². The van der Waals surface area contributed by atoms with Crippen LogP contribution in [-0.4, -0.2) is 34.2 Å². The van der Waals surface area contributed by atoms with Gasteiger partial charge in [-0.15, -0.1) is 11.3 Å². The Kier molecular flexibility index (Phi) is 4.93. The highest BCUT2D eigenvalue weighted by atomic mass is 32.2. The minimum atomic E-state index is -0.0766. The van der Waals surface area contributed by atoms with Gasteiger partial charge in [0.25, 0.3) is 5.91 Å². The van der Waals surface area contributed by atoms with Crippen molar-refractivity contribution in [1.82, 2.24) is 15.1 Å². The van der Waals surface area contributed by atoms with E-state index >= 15 is 0 Å². The lowest BCUT2D eigenvalue weighted by Gasteiger charge is -2.04. The van der Waals surface area contributed by atoms with E-state index in [9.17, 15) is 4.79 Å². The van der Waals surface area contributed by atoms with E-state index in [0.29, 0.717) is 17.1 Å². The van der Waals surface area contributed by atoms with Crippen molar-refractivity contribution in [1.29, 1.82) is 0 Å². The molecule has 1 amide bonds. The fourth-order valence-electron chi connectivity index (χ4n) is 2.15. The average molecular weight is 312 g/mol. The first-order chi connectivity index (χ1) is 9.56. The first kappa shape index (κ1) is 15.2. The SMILES string of the molecule is CSCCCCNC(=O)c1sc2c(c(C)nn2C)c1N. The number of thioether (sulfide) groups is 1. The molecule has 0 spiro atoms. The number of nitrogens with two attached hydrogens (primary N) is 1. The van der Waals surface area contributed by atoms with Crippen molar-refractivity contribution < 1.29 is 4.79 Å². The molecule has 0 atom stereocenters. The summed E-state index contributed by atoms with van der Waals surface area (Å²) in [5, 5.41) is 8.17. The van der Waals surface area contributed by atoms with E-state index in [4.69, 9.17) is 5.73 Å². The average Bonchev–Trinajstić information content (AvgIpc) is 2.89. The quantitative estimate of drug-likeness (QED) is 0.803. The van der Waals surface area contributed by atoms with Gasteiger partial charge in [-0.25, -0.2) is 0 Å². The minimum Gasteiger partial charge on any atom is -0.397 e. The Bertz CT molecular complexity index is 617. The molecule has 0 fully saturated rings. The highest BCUT2D eigenvalue weighted by Crippen LogP contribution is 2.35. The van der Waals surface area contributed by atoms with Crippen molar-refractivity contribution in [3.8, 4) is 0 Å². The Morgan fingerprint density at radius 3 is 2.90 bits per heavy atom. The van der Waals surface area contributed by atoms with Crippen molar-refractivity contribution in [2.75, 3.05) is 24.3 Å². The number of nitrogens with zero attached hydrogens (tertiary/aromatic N) is 2. The molecule has 0 aliphatic rings. The summed E-state index contributed by atoms with van der Waals surface area (Å²) in [6.45, 7) is 2.61. The molecule has 0 saturated heterocycles. The van der Waals surface area contributed by atoms with Gasteiger partial charge in [0.1, 0.15) is 9.71 Å². The van der Waals surface area contributed by atoms with Gasteiger partial charge >= 0.3 is 0 Å². The molecule has 0 unspecified atom stereocenters. The molecule has 5 nitrogen and oxygen atoms in total. The standard InChI is InChI=1S/C13H20N4OS2/c1-8-9-10(14)11(20-13(9)17(2)16-8)12(18)15-6-4-5-7-19-3/h4-7,14H2,1-3H3,(H,15,18). The lowest BCUT2D eigenvalue weighted by molar-refractivity contribution is 0.0958. The molecule has 0 aromatic carbocycles. The molecule has 2 aromatic rings. The number of aromatic nitrogens is 2. The van der Waals surface area contributed by atoms with Gasteiger partial charge in [-0.1, -0.05) is 0 Å². The molecule has 110 valence electrons. The van der Waals surface area contributed by atoms with Gasteiger partial charge in [0.2, 0.25) is 0 Å². The summed E-state index contributed by atoms with van der Waals surface area (Å²) in [5.41, 5.74) is 7.52. The van der Waals surface area contributed by atoms with Crippen molar-refractivity contribution in [3.63, 3.8) is 0 Å². The normalized spacial score (nSPS) is 11.2. The number of fused-ring (bicyclic) bond motifs is 1. The van der Waals surface area contributed by atoms with Crippen LogP contribution in [0, 0.1) is 6.92 Å². The molecule has 0 radical (unpaired) electrons. The summed E-state index contributed by atoms with van der Waals surface area (Å²) in [4.78, 5) is 13.7. The Morgan fingerprint density at radius 1 is 1.50 bits per heavy atom. The van der Waals surface area contributed by atoms with Crippen LogP contribution >= 0.6 is 23.1 Å². The summed E-state index contributed by atoms with van der Waals surface area (Å²) in [5.74, 6) is 1.05. The first-order valence-corrected chi connectivity index (χ1v) is 8.76. The second kappa shape index (κ2) is 6.49. The van der Waals surface area contributed by atoms with Crippen LogP contribution in [0.1, 0.15) is 28.2 Å². The largest absolute Gasteiger partial charge is 0.397 e. The molecule has 0 saturated carbocycles. The molecule has 2 rings (SSSR count). The summed E-state index contributed by atoms with van der Waals surface area (Å²) in [6.07, 6.45) is 4.21. The Hall–Kier alpha value is -1.21. The maximum absolute atomic E-state index is 12.2. The Morgan fingerprint density at radius 2 is 2.25 bits per heavy atom. The lowest BCUT2D eigenvalue weighted by Crippen LogP contribution is -2.24. The monoisotopic (exact) mass is 312 g/mol. The van der Waals surface area contributed by atoms with E-state index in [1.807, 2.05) is 25.7 Å². The number of amides is 1. The fraction of sp³-hybridized carbons (Fsp3) is 0.538. The van der Waals surface area contributed by atoms with Gasteiger partial charge in [0.05, 0.1) is 16.8 Å². The topological polar surface area (TPSA) is 72.9 Å². The number of carbonyl (C=O) groups is 1. The maximum atomic E-state index is 12.2. The third kappa shape index (κ3) is 2.93. The predicted octanol–water partition coefficient (Wildman–Crippen LogP) is 2.40. The van der Waals surface area contributed by atoms with E-state index in [2.05, 4.69) is 16.7 Å². The smallest absolute Gasteiger partial charge is 0.263 e. The van der Waals surface area contributed by atoms with Gasteiger partial charge in [0, 0.05) is 13.6 Å². The van der Waals surface area contributed by atoms with E-state index in [-0.39, 0.29) is 5.91 Å². The Balaban J connectivity index is 2.07. The number of thiophene rings is 1. The van der Waals surface area contributed by atoms with Crippen LogP contribution in [-0.2, 0) is 7.05 Å². The van der Waals surface area contributed by atoms with Crippen molar-refractivity contribution in [2.45, 2.75) is 19.8 Å².